The van der Waals surface area contributed by atoms with Gasteiger partial charge in [-0.3, -0.25) is 9.89 Å². The van der Waals surface area contributed by atoms with Gasteiger partial charge in [-0.2, -0.15) is 0 Å². The first kappa shape index (κ1) is 14.5. The molecule has 22 heavy (non-hydrogen) atoms. The van der Waals surface area contributed by atoms with Crippen molar-refractivity contribution in [2.24, 2.45) is 0 Å². The van der Waals surface area contributed by atoms with E-state index in [0.717, 1.165) is 10.0 Å². The van der Waals surface area contributed by atoms with Crippen LogP contribution in [0, 0.1) is 0 Å². The molecule has 0 bridgehead atoms. The van der Waals surface area contributed by atoms with Gasteiger partial charge < -0.3 is 4.74 Å². The molecular weight excluding hydrogens is 350 g/mol. The maximum absolute atomic E-state index is 12.2. The molecule has 0 unspecified atom stereocenters. The third-order valence-electron chi connectivity index (χ3n) is 3.13. The molecule has 0 radical (unpaired) electrons. The number of rotatable bonds is 3. The van der Waals surface area contributed by atoms with E-state index in [4.69, 9.17) is 4.74 Å². The fraction of sp³-hybridized carbons (Fsp3) is 0.133. The summed E-state index contributed by atoms with van der Waals surface area (Å²) < 4.78 is 7.13. The van der Waals surface area contributed by atoms with E-state index >= 15 is 0 Å². The van der Waals surface area contributed by atoms with Crippen LogP contribution in [0.3, 0.4) is 0 Å². The zero-order valence-electron chi connectivity index (χ0n) is 11.7. The van der Waals surface area contributed by atoms with Crippen molar-refractivity contribution in [2.75, 3.05) is 6.61 Å². The van der Waals surface area contributed by atoms with Crippen LogP contribution < -0.4 is 5.56 Å². The minimum atomic E-state index is -0.513. The zero-order chi connectivity index (χ0) is 15.7. The first-order valence-electron chi connectivity index (χ1n) is 6.64. The van der Waals surface area contributed by atoms with Crippen molar-refractivity contribution < 1.29 is 9.53 Å². The number of fused-ring (bicyclic) bond motifs is 1. The highest BCUT2D eigenvalue weighted by atomic mass is 79.9. The third kappa shape index (κ3) is 2.55. The smallest absolute Gasteiger partial charge is 0.343 e. The molecule has 0 atom stereocenters. The molecule has 0 spiro atoms. The van der Waals surface area contributed by atoms with Gasteiger partial charge in [0.2, 0.25) is 0 Å². The van der Waals surface area contributed by atoms with E-state index in [1.54, 1.807) is 6.92 Å². The molecule has 0 amide bonds. The molecule has 0 fully saturated rings. The highest BCUT2D eigenvalue weighted by Crippen LogP contribution is 2.20. The van der Waals surface area contributed by atoms with E-state index in [1.807, 2.05) is 24.3 Å². The summed E-state index contributed by atoms with van der Waals surface area (Å²) in [6, 6.07) is 8.84. The predicted octanol–water partition coefficient (Wildman–Crippen LogP) is 2.63. The Hall–Kier alpha value is -2.41. The monoisotopic (exact) mass is 361 g/mol. The Morgan fingerprint density at radius 2 is 2.09 bits per heavy atom. The van der Waals surface area contributed by atoms with Gasteiger partial charge in [0.05, 0.1) is 12.3 Å². The number of nitrogens with one attached hydrogen (secondary N) is 1. The number of hydrogen-bond donors (Lipinski definition) is 1. The molecule has 0 aliphatic carbocycles. The maximum atomic E-state index is 12.2. The number of H-pyrrole nitrogens is 1. The van der Waals surface area contributed by atoms with Crippen LogP contribution in [0.5, 0.6) is 0 Å². The predicted molar refractivity (Wildman–Crippen MR) is 84.9 cm³/mol. The quantitative estimate of drug-likeness (QED) is 0.727. The number of ether oxygens (including phenoxy) is 1. The number of halogens is 1. The minimum absolute atomic E-state index is 0.234. The van der Waals surface area contributed by atoms with Gasteiger partial charge in [0, 0.05) is 22.3 Å². The number of benzene rings is 1. The van der Waals surface area contributed by atoms with Gasteiger partial charge in [-0.15, -0.1) is 0 Å². The molecule has 3 rings (SSSR count). The second-order valence-corrected chi connectivity index (χ2v) is 5.47. The summed E-state index contributed by atoms with van der Waals surface area (Å²) in [5, 5.41) is 2.72. The highest BCUT2D eigenvalue weighted by Gasteiger charge is 2.16. The van der Waals surface area contributed by atoms with Crippen LogP contribution >= 0.6 is 15.9 Å². The highest BCUT2D eigenvalue weighted by molar-refractivity contribution is 9.10. The lowest BCUT2D eigenvalue weighted by atomic mass is 10.1. The van der Waals surface area contributed by atoms with Gasteiger partial charge in [-0.25, -0.2) is 14.3 Å². The molecule has 1 aromatic carbocycles. The molecule has 0 aliphatic rings. The Bertz CT molecular complexity index is 897. The van der Waals surface area contributed by atoms with Crippen LogP contribution in [-0.4, -0.2) is 27.2 Å². The molecule has 0 saturated heterocycles. The summed E-state index contributed by atoms with van der Waals surface area (Å²) in [5.41, 5.74) is 1.49. The SMILES string of the molecule is CCOC(=O)c1c[nH]n2c(=O)cc(-c3ccc(Br)cc3)nc12. The molecule has 112 valence electrons. The number of carbonyl (C=O) groups is 1. The van der Waals surface area contributed by atoms with Gasteiger partial charge >= 0.3 is 5.97 Å². The van der Waals surface area contributed by atoms with Gasteiger partial charge in [-0.1, -0.05) is 28.1 Å². The molecule has 3 aromatic rings. The topological polar surface area (TPSA) is 76.5 Å². The number of carbonyl (C=O) groups excluding carboxylic acids is 1. The molecule has 6 nitrogen and oxygen atoms in total. The molecule has 0 aliphatic heterocycles. The van der Waals surface area contributed by atoms with E-state index in [1.165, 1.54) is 16.8 Å². The summed E-state index contributed by atoms with van der Waals surface area (Å²) in [4.78, 5) is 28.5. The van der Waals surface area contributed by atoms with Gasteiger partial charge in [0.1, 0.15) is 5.56 Å². The van der Waals surface area contributed by atoms with Crippen LogP contribution in [0.25, 0.3) is 16.9 Å². The number of esters is 1. The molecular formula is C15H12BrN3O3. The lowest BCUT2D eigenvalue weighted by molar-refractivity contribution is 0.0528. The number of nitrogens with zero attached hydrogens (tertiary/aromatic N) is 2. The molecule has 1 N–H and O–H groups in total. The second-order valence-electron chi connectivity index (χ2n) is 4.55. The summed E-state index contributed by atoms with van der Waals surface area (Å²) in [6.45, 7) is 1.98. The largest absolute Gasteiger partial charge is 0.462 e. The van der Waals surface area contributed by atoms with Gasteiger partial charge in [-0.05, 0) is 19.1 Å². The average molecular weight is 362 g/mol. The minimum Gasteiger partial charge on any atom is -0.462 e. The first-order chi connectivity index (χ1) is 10.6. The Kier molecular flexibility index (Phi) is 3.81. The summed E-state index contributed by atoms with van der Waals surface area (Å²) >= 11 is 3.36. The van der Waals surface area contributed by atoms with Crippen LogP contribution in [0.2, 0.25) is 0 Å². The molecule has 2 heterocycles. The normalized spacial score (nSPS) is 10.8. The van der Waals surface area contributed by atoms with E-state index in [-0.39, 0.29) is 23.4 Å². The van der Waals surface area contributed by atoms with Crippen molar-refractivity contribution in [3.8, 4) is 11.3 Å². The van der Waals surface area contributed by atoms with Gasteiger partial charge in [0.25, 0.3) is 5.56 Å². The Balaban J connectivity index is 2.17. The molecule has 2 aromatic heterocycles. The average Bonchev–Trinajstić information content (AvgIpc) is 2.92. The zero-order valence-corrected chi connectivity index (χ0v) is 13.3. The summed E-state index contributed by atoms with van der Waals surface area (Å²) in [6.07, 6.45) is 1.42. The maximum Gasteiger partial charge on any atom is 0.343 e. The van der Waals surface area contributed by atoms with Crippen LogP contribution in [0.4, 0.5) is 0 Å². The van der Waals surface area contributed by atoms with Crippen LogP contribution in [-0.2, 0) is 4.74 Å². The first-order valence-corrected chi connectivity index (χ1v) is 7.43. The third-order valence-corrected chi connectivity index (χ3v) is 3.66. The van der Waals surface area contributed by atoms with E-state index in [9.17, 15) is 9.59 Å². The van der Waals surface area contributed by atoms with Crippen molar-refractivity contribution in [1.29, 1.82) is 0 Å². The Morgan fingerprint density at radius 1 is 1.36 bits per heavy atom. The lowest BCUT2D eigenvalue weighted by Gasteiger charge is -2.03. The van der Waals surface area contributed by atoms with Crippen molar-refractivity contribution in [2.45, 2.75) is 6.92 Å². The van der Waals surface area contributed by atoms with E-state index in [2.05, 4.69) is 26.0 Å². The van der Waals surface area contributed by atoms with Crippen molar-refractivity contribution in [1.82, 2.24) is 14.6 Å². The Morgan fingerprint density at radius 3 is 2.77 bits per heavy atom. The summed E-state index contributed by atoms with van der Waals surface area (Å²) in [5.74, 6) is -0.513. The number of aromatic amines is 1. The molecule has 7 heteroatoms. The Labute approximate surface area is 133 Å². The lowest BCUT2D eigenvalue weighted by Crippen LogP contribution is -2.15. The van der Waals surface area contributed by atoms with Crippen molar-refractivity contribution >= 4 is 27.5 Å². The van der Waals surface area contributed by atoms with Crippen LogP contribution in [0.1, 0.15) is 17.3 Å². The van der Waals surface area contributed by atoms with Crippen molar-refractivity contribution in [3.63, 3.8) is 0 Å². The van der Waals surface area contributed by atoms with Gasteiger partial charge in [0.15, 0.2) is 5.65 Å². The van der Waals surface area contributed by atoms with Crippen LogP contribution in [0.15, 0.2) is 45.8 Å². The van der Waals surface area contributed by atoms with E-state index in [0.29, 0.717) is 5.69 Å². The van der Waals surface area contributed by atoms with E-state index < -0.39 is 5.97 Å². The second kappa shape index (κ2) is 5.76. The number of aromatic nitrogens is 3. The van der Waals surface area contributed by atoms with Crippen molar-refractivity contribution in [3.05, 3.63) is 56.9 Å². The molecule has 0 saturated carbocycles. The number of hydrogen-bond acceptors (Lipinski definition) is 4. The summed E-state index contributed by atoms with van der Waals surface area (Å²) in [7, 11) is 0. The standard InChI is InChI=1S/C15H12BrN3O3/c1-2-22-15(21)11-8-17-19-13(20)7-12(18-14(11)19)9-3-5-10(16)6-4-9/h3-8,17H,2H2,1H3. The fourth-order valence-electron chi connectivity index (χ4n) is 2.11. The fourth-order valence-corrected chi connectivity index (χ4v) is 2.37.